The number of hydrogen-bond acceptors (Lipinski definition) is 1. The van der Waals surface area contributed by atoms with Gasteiger partial charge in [-0.2, -0.15) is 0 Å². The first kappa shape index (κ1) is 31.3. The maximum atomic E-state index is 3.89. The van der Waals surface area contributed by atoms with Gasteiger partial charge >= 0.3 is 0 Å². The van der Waals surface area contributed by atoms with Crippen molar-refractivity contribution in [1.82, 2.24) is 0 Å². The summed E-state index contributed by atoms with van der Waals surface area (Å²) in [6.45, 7) is 16.7. The number of nitrogens with zero attached hydrogens (tertiary/aromatic N) is 1. The fraction of sp³-hybridized carbons (Fsp3) is 0.136. The van der Waals surface area contributed by atoms with Gasteiger partial charge in [-0.25, -0.2) is 0 Å². The minimum atomic E-state index is 1.19. The molecular weight excluding hydrogens is 542 g/mol. The van der Waals surface area contributed by atoms with E-state index in [9.17, 15) is 0 Å². The smallest absolute Gasteiger partial charge is 0.0543 e. The van der Waals surface area contributed by atoms with Gasteiger partial charge in [0.1, 0.15) is 0 Å². The van der Waals surface area contributed by atoms with Crippen molar-refractivity contribution in [3.8, 4) is 11.1 Å². The van der Waals surface area contributed by atoms with Gasteiger partial charge in [0, 0.05) is 22.3 Å². The second-order valence-electron chi connectivity index (χ2n) is 11.5. The van der Waals surface area contributed by atoms with Crippen molar-refractivity contribution in [2.24, 2.45) is 0 Å². The van der Waals surface area contributed by atoms with E-state index >= 15 is 0 Å². The van der Waals surface area contributed by atoms with Crippen LogP contribution in [0.15, 0.2) is 152 Å². The quantitative estimate of drug-likeness (QED) is 0.179. The Bertz CT molecular complexity index is 1930. The van der Waals surface area contributed by atoms with E-state index in [0.717, 1.165) is 0 Å². The highest BCUT2D eigenvalue weighted by Gasteiger charge is 2.25. The van der Waals surface area contributed by atoms with Gasteiger partial charge in [0.15, 0.2) is 0 Å². The molecule has 0 aliphatic carbocycles. The van der Waals surface area contributed by atoms with Crippen LogP contribution in [-0.4, -0.2) is 0 Å². The van der Waals surface area contributed by atoms with Gasteiger partial charge in [0.2, 0.25) is 0 Å². The van der Waals surface area contributed by atoms with E-state index in [1.807, 2.05) is 12.2 Å². The van der Waals surface area contributed by atoms with Crippen LogP contribution in [-0.2, 0) is 0 Å². The fourth-order valence-corrected chi connectivity index (χ4v) is 6.23. The Morgan fingerprint density at radius 2 is 1.36 bits per heavy atom. The Hall–Kier alpha value is -5.14. The largest absolute Gasteiger partial charge is 0.313 e. The summed E-state index contributed by atoms with van der Waals surface area (Å²) in [5.41, 5.74) is 15.2. The van der Waals surface area contributed by atoms with E-state index < -0.39 is 0 Å². The van der Waals surface area contributed by atoms with Gasteiger partial charge in [-0.05, 0) is 122 Å². The number of rotatable bonds is 6. The Morgan fingerprint density at radius 3 is 1.96 bits per heavy atom. The minimum Gasteiger partial charge on any atom is -0.313 e. The molecule has 5 aromatic rings. The molecule has 0 radical (unpaired) electrons. The molecule has 0 atom stereocenters. The fourth-order valence-electron chi connectivity index (χ4n) is 6.23. The highest BCUT2D eigenvalue weighted by atomic mass is 15.2. The van der Waals surface area contributed by atoms with Crippen LogP contribution in [0.5, 0.6) is 0 Å². The first-order valence-electron chi connectivity index (χ1n) is 15.7. The van der Waals surface area contributed by atoms with Crippen LogP contribution >= 0.6 is 0 Å². The Morgan fingerprint density at radius 1 is 0.689 bits per heavy atom. The summed E-state index contributed by atoms with van der Waals surface area (Å²) >= 11 is 0. The highest BCUT2D eigenvalue weighted by Crippen LogP contribution is 2.46. The summed E-state index contributed by atoms with van der Waals surface area (Å²) in [5, 5.41) is 2.54. The molecule has 224 valence electrons. The second kappa shape index (κ2) is 14.1. The molecule has 1 nitrogen and oxygen atoms in total. The lowest BCUT2D eigenvalue weighted by Gasteiger charge is -2.34. The highest BCUT2D eigenvalue weighted by molar-refractivity contribution is 6.11. The average Bonchev–Trinajstić information content (AvgIpc) is 3.04. The van der Waals surface area contributed by atoms with E-state index in [0.29, 0.717) is 0 Å². The molecule has 0 unspecified atom stereocenters. The molecule has 6 rings (SSSR count). The molecule has 1 heteroatoms. The topological polar surface area (TPSA) is 3.24 Å². The Kier molecular flexibility index (Phi) is 9.80. The van der Waals surface area contributed by atoms with Crippen LogP contribution in [0.25, 0.3) is 33.0 Å². The Labute approximate surface area is 269 Å². The van der Waals surface area contributed by atoms with Gasteiger partial charge < -0.3 is 4.90 Å². The molecule has 1 aliphatic heterocycles. The number of benzene rings is 5. The third-order valence-corrected chi connectivity index (χ3v) is 8.44. The van der Waals surface area contributed by atoms with E-state index in [-0.39, 0.29) is 0 Å². The molecular formula is C44H43N. The SMILES string of the molecule is C=C/C=C\C1=C(C)N(c2cccc(C)c2)c2cccc3cc(C(/C=C\C)=C/C)cc1c23.Cc1ccccc1-c1ccccc1C. The molecule has 1 heterocycles. The van der Waals surface area contributed by atoms with Crippen molar-refractivity contribution >= 4 is 33.3 Å². The molecule has 0 saturated heterocycles. The van der Waals surface area contributed by atoms with Crippen LogP contribution in [0.3, 0.4) is 0 Å². The van der Waals surface area contributed by atoms with Crippen LogP contribution in [0, 0.1) is 20.8 Å². The third kappa shape index (κ3) is 6.54. The predicted octanol–water partition coefficient (Wildman–Crippen LogP) is 12.7. The van der Waals surface area contributed by atoms with Crippen molar-refractivity contribution in [2.45, 2.75) is 41.5 Å². The molecule has 45 heavy (non-hydrogen) atoms. The second-order valence-corrected chi connectivity index (χ2v) is 11.5. The molecule has 0 fully saturated rings. The number of hydrogen-bond donors (Lipinski definition) is 0. The normalized spacial score (nSPS) is 13.0. The standard InChI is InChI=1S/C30H29N.C14H14/c1-6-9-16-27-22(5)31(26-15-10-13-21(4)18-26)29-17-11-14-24-19-25(20-28(27)30(24)29)23(8-3)12-7-2;1-11-7-3-5-9-13(11)14-10-6-4-8-12(14)2/h6-20H,1H2,2-5H3;3-10H,1-2H3/b12-7-,16-9-,23-8+;. The maximum Gasteiger partial charge on any atom is 0.0543 e. The summed E-state index contributed by atoms with van der Waals surface area (Å²) in [7, 11) is 0. The third-order valence-electron chi connectivity index (χ3n) is 8.44. The van der Waals surface area contributed by atoms with E-state index in [1.165, 1.54) is 77.9 Å². The van der Waals surface area contributed by atoms with Crippen LogP contribution in [0.2, 0.25) is 0 Å². The van der Waals surface area contributed by atoms with E-state index in [2.05, 4.69) is 180 Å². The van der Waals surface area contributed by atoms with Gasteiger partial charge in [-0.15, -0.1) is 0 Å². The van der Waals surface area contributed by atoms with Gasteiger partial charge in [0.25, 0.3) is 0 Å². The molecule has 1 aliphatic rings. The van der Waals surface area contributed by atoms with Crippen molar-refractivity contribution in [3.05, 3.63) is 180 Å². The monoisotopic (exact) mass is 585 g/mol. The van der Waals surface area contributed by atoms with Crippen molar-refractivity contribution in [1.29, 1.82) is 0 Å². The van der Waals surface area contributed by atoms with Gasteiger partial charge in [0.05, 0.1) is 5.69 Å². The van der Waals surface area contributed by atoms with Crippen molar-refractivity contribution in [2.75, 3.05) is 4.90 Å². The summed E-state index contributed by atoms with van der Waals surface area (Å²) < 4.78 is 0. The van der Waals surface area contributed by atoms with Crippen molar-refractivity contribution < 1.29 is 0 Å². The summed E-state index contributed by atoms with van der Waals surface area (Å²) in [6, 6.07) is 37.0. The number of aryl methyl sites for hydroxylation is 3. The molecule has 5 aromatic carbocycles. The molecule has 0 N–H and O–H groups in total. The molecule has 0 aromatic heterocycles. The minimum absolute atomic E-state index is 1.19. The average molecular weight is 586 g/mol. The zero-order valence-corrected chi connectivity index (χ0v) is 27.4. The van der Waals surface area contributed by atoms with Crippen LogP contribution in [0.4, 0.5) is 11.4 Å². The molecule has 0 amide bonds. The molecule has 0 bridgehead atoms. The zero-order chi connectivity index (χ0) is 31.9. The summed E-state index contributed by atoms with van der Waals surface area (Å²) in [5.74, 6) is 0. The summed E-state index contributed by atoms with van der Waals surface area (Å²) in [6.07, 6.45) is 12.5. The van der Waals surface area contributed by atoms with Crippen LogP contribution < -0.4 is 4.90 Å². The lowest BCUT2D eigenvalue weighted by molar-refractivity contribution is 1.15. The lowest BCUT2D eigenvalue weighted by atomic mass is 9.87. The maximum absolute atomic E-state index is 3.89. The van der Waals surface area contributed by atoms with Gasteiger partial charge in [-0.3, -0.25) is 0 Å². The first-order valence-corrected chi connectivity index (χ1v) is 15.7. The zero-order valence-electron chi connectivity index (χ0n) is 27.4. The molecule has 0 spiro atoms. The van der Waals surface area contributed by atoms with Crippen molar-refractivity contribution in [3.63, 3.8) is 0 Å². The number of anilines is 2. The predicted molar refractivity (Wildman–Crippen MR) is 199 cm³/mol. The lowest BCUT2D eigenvalue weighted by Crippen LogP contribution is -2.20. The van der Waals surface area contributed by atoms with E-state index in [1.54, 1.807) is 0 Å². The molecule has 0 saturated carbocycles. The first-order chi connectivity index (χ1) is 21.9. The van der Waals surface area contributed by atoms with Gasteiger partial charge in [-0.1, -0.05) is 116 Å². The summed E-state index contributed by atoms with van der Waals surface area (Å²) in [4.78, 5) is 2.38. The van der Waals surface area contributed by atoms with E-state index in [4.69, 9.17) is 0 Å². The number of allylic oxidation sites excluding steroid dienone is 9. The Balaban J connectivity index is 0.000000238. The van der Waals surface area contributed by atoms with Crippen LogP contribution in [0.1, 0.15) is 48.6 Å².